The van der Waals surface area contributed by atoms with Crippen LogP contribution in [0.1, 0.15) is 58.8 Å². The molecule has 2 heteroatoms. The molecule has 2 unspecified atom stereocenters. The lowest BCUT2D eigenvalue weighted by molar-refractivity contribution is 0.101. The molecule has 0 aromatic heterocycles. The molecule has 0 aromatic rings. The van der Waals surface area contributed by atoms with Crippen molar-refractivity contribution in [1.82, 2.24) is 0 Å². The van der Waals surface area contributed by atoms with Crippen LogP contribution in [0.5, 0.6) is 0 Å². The molecular formula is C13H27NO. The third-order valence-corrected chi connectivity index (χ3v) is 3.24. The molecule has 0 bridgehead atoms. The van der Waals surface area contributed by atoms with Gasteiger partial charge in [-0.3, -0.25) is 0 Å². The van der Waals surface area contributed by atoms with Gasteiger partial charge in [-0.1, -0.05) is 13.8 Å². The first-order valence-corrected chi connectivity index (χ1v) is 6.55. The summed E-state index contributed by atoms with van der Waals surface area (Å²) in [6, 6.07) is 0.411. The third kappa shape index (κ3) is 6.16. The summed E-state index contributed by atoms with van der Waals surface area (Å²) in [5.41, 5.74) is 6.07. The summed E-state index contributed by atoms with van der Waals surface area (Å²) in [5.74, 6) is 0.786. The zero-order chi connectivity index (χ0) is 11.1. The third-order valence-electron chi connectivity index (χ3n) is 3.24. The lowest BCUT2D eigenvalue weighted by atomic mass is 9.99. The first-order valence-electron chi connectivity index (χ1n) is 6.55. The van der Waals surface area contributed by atoms with E-state index in [9.17, 15) is 0 Å². The van der Waals surface area contributed by atoms with Crippen molar-refractivity contribution in [2.75, 3.05) is 6.61 Å². The van der Waals surface area contributed by atoms with Crippen LogP contribution in [0.4, 0.5) is 0 Å². The molecule has 0 aliphatic carbocycles. The fraction of sp³-hybridized carbons (Fsp3) is 1.00. The van der Waals surface area contributed by atoms with Gasteiger partial charge < -0.3 is 10.5 Å². The van der Waals surface area contributed by atoms with E-state index in [0.29, 0.717) is 12.1 Å². The summed E-state index contributed by atoms with van der Waals surface area (Å²) in [6.45, 7) is 5.50. The Kier molecular flexibility index (Phi) is 6.26. The number of ether oxygens (including phenoxy) is 1. The number of hydrogen-bond donors (Lipinski definition) is 1. The molecule has 1 saturated heterocycles. The van der Waals surface area contributed by atoms with Crippen LogP contribution in [0.15, 0.2) is 0 Å². The van der Waals surface area contributed by atoms with E-state index in [4.69, 9.17) is 10.5 Å². The fourth-order valence-corrected chi connectivity index (χ4v) is 2.17. The van der Waals surface area contributed by atoms with Gasteiger partial charge in [0.05, 0.1) is 6.10 Å². The summed E-state index contributed by atoms with van der Waals surface area (Å²) in [6.07, 6.45) is 9.14. The minimum absolute atomic E-state index is 0.411. The first-order chi connectivity index (χ1) is 7.18. The van der Waals surface area contributed by atoms with Crippen LogP contribution in [0, 0.1) is 5.92 Å². The molecule has 1 aliphatic rings. The Labute approximate surface area is 94.6 Å². The Balaban J connectivity index is 1.93. The zero-order valence-electron chi connectivity index (χ0n) is 10.4. The molecule has 1 heterocycles. The van der Waals surface area contributed by atoms with Gasteiger partial charge in [-0.05, 0) is 50.9 Å². The van der Waals surface area contributed by atoms with Crippen molar-refractivity contribution >= 4 is 0 Å². The highest BCUT2D eigenvalue weighted by Gasteiger charge is 2.15. The van der Waals surface area contributed by atoms with Gasteiger partial charge in [-0.25, -0.2) is 0 Å². The van der Waals surface area contributed by atoms with Gasteiger partial charge in [0.1, 0.15) is 0 Å². The standard InChI is InChI=1S/C13H27NO/c1-11(2)8-9-12(14)5-3-6-13-7-4-10-15-13/h11-13H,3-10,14H2,1-2H3. The van der Waals surface area contributed by atoms with Crippen LogP contribution < -0.4 is 5.73 Å². The van der Waals surface area contributed by atoms with Crippen molar-refractivity contribution in [2.24, 2.45) is 11.7 Å². The van der Waals surface area contributed by atoms with Crippen LogP contribution >= 0.6 is 0 Å². The SMILES string of the molecule is CC(C)CCC(N)CCCC1CCCO1. The predicted molar refractivity (Wildman–Crippen MR) is 64.9 cm³/mol. The molecule has 1 aliphatic heterocycles. The van der Waals surface area contributed by atoms with Crippen LogP contribution in [0.25, 0.3) is 0 Å². The van der Waals surface area contributed by atoms with Crippen LogP contribution in [0.2, 0.25) is 0 Å². The Bertz CT molecular complexity index is 153. The summed E-state index contributed by atoms with van der Waals surface area (Å²) in [4.78, 5) is 0. The molecule has 0 amide bonds. The molecule has 1 rings (SSSR count). The minimum Gasteiger partial charge on any atom is -0.378 e. The van der Waals surface area contributed by atoms with Gasteiger partial charge in [-0.15, -0.1) is 0 Å². The highest BCUT2D eigenvalue weighted by molar-refractivity contribution is 4.68. The van der Waals surface area contributed by atoms with Gasteiger partial charge in [0.15, 0.2) is 0 Å². The van der Waals surface area contributed by atoms with E-state index >= 15 is 0 Å². The molecule has 2 atom stereocenters. The number of rotatable bonds is 7. The summed E-state index contributed by atoms with van der Waals surface area (Å²) in [5, 5.41) is 0. The van der Waals surface area contributed by atoms with Crippen LogP contribution in [0.3, 0.4) is 0 Å². The minimum atomic E-state index is 0.411. The van der Waals surface area contributed by atoms with E-state index in [1.165, 1.54) is 44.9 Å². The van der Waals surface area contributed by atoms with Gasteiger partial charge in [0.2, 0.25) is 0 Å². The lowest BCUT2D eigenvalue weighted by Gasteiger charge is -2.14. The monoisotopic (exact) mass is 213 g/mol. The Morgan fingerprint density at radius 2 is 2.07 bits per heavy atom. The van der Waals surface area contributed by atoms with Gasteiger partial charge in [0.25, 0.3) is 0 Å². The fourth-order valence-electron chi connectivity index (χ4n) is 2.17. The molecule has 15 heavy (non-hydrogen) atoms. The Morgan fingerprint density at radius 3 is 2.67 bits per heavy atom. The maximum Gasteiger partial charge on any atom is 0.0576 e. The topological polar surface area (TPSA) is 35.2 Å². The second-order valence-electron chi connectivity index (χ2n) is 5.30. The maximum absolute atomic E-state index is 6.07. The van der Waals surface area contributed by atoms with Gasteiger partial charge in [0, 0.05) is 12.6 Å². The molecular weight excluding hydrogens is 186 g/mol. The average molecular weight is 213 g/mol. The average Bonchev–Trinajstić information content (AvgIpc) is 2.67. The van der Waals surface area contributed by atoms with Crippen LogP contribution in [-0.2, 0) is 4.74 Å². The van der Waals surface area contributed by atoms with Crippen molar-refractivity contribution in [2.45, 2.75) is 70.9 Å². The highest BCUT2D eigenvalue weighted by Crippen LogP contribution is 2.18. The van der Waals surface area contributed by atoms with Crippen molar-refractivity contribution in [3.63, 3.8) is 0 Å². The highest BCUT2D eigenvalue weighted by atomic mass is 16.5. The lowest BCUT2D eigenvalue weighted by Crippen LogP contribution is -2.21. The van der Waals surface area contributed by atoms with E-state index in [0.717, 1.165) is 12.5 Å². The summed E-state index contributed by atoms with van der Waals surface area (Å²) >= 11 is 0. The van der Waals surface area contributed by atoms with E-state index in [1.54, 1.807) is 0 Å². The first kappa shape index (κ1) is 13.0. The van der Waals surface area contributed by atoms with Crippen LogP contribution in [-0.4, -0.2) is 18.8 Å². The second kappa shape index (κ2) is 7.24. The Morgan fingerprint density at radius 1 is 1.27 bits per heavy atom. The normalized spacial score (nSPS) is 23.6. The predicted octanol–water partition coefficient (Wildman–Crippen LogP) is 3.10. The smallest absolute Gasteiger partial charge is 0.0576 e. The van der Waals surface area contributed by atoms with Crippen molar-refractivity contribution < 1.29 is 4.74 Å². The molecule has 0 saturated carbocycles. The van der Waals surface area contributed by atoms with E-state index in [2.05, 4.69) is 13.8 Å². The summed E-state index contributed by atoms with van der Waals surface area (Å²) in [7, 11) is 0. The molecule has 0 spiro atoms. The maximum atomic E-state index is 6.07. The number of nitrogens with two attached hydrogens (primary N) is 1. The molecule has 2 N–H and O–H groups in total. The van der Waals surface area contributed by atoms with Crippen molar-refractivity contribution in [3.05, 3.63) is 0 Å². The van der Waals surface area contributed by atoms with Crippen molar-refractivity contribution in [1.29, 1.82) is 0 Å². The molecule has 1 fully saturated rings. The molecule has 90 valence electrons. The quantitative estimate of drug-likeness (QED) is 0.705. The van der Waals surface area contributed by atoms with Crippen molar-refractivity contribution in [3.8, 4) is 0 Å². The zero-order valence-corrected chi connectivity index (χ0v) is 10.4. The van der Waals surface area contributed by atoms with Gasteiger partial charge in [-0.2, -0.15) is 0 Å². The molecule has 0 radical (unpaired) electrons. The van der Waals surface area contributed by atoms with E-state index < -0.39 is 0 Å². The molecule has 0 aromatic carbocycles. The van der Waals surface area contributed by atoms with E-state index in [1.807, 2.05) is 0 Å². The molecule has 2 nitrogen and oxygen atoms in total. The Hall–Kier alpha value is -0.0800. The van der Waals surface area contributed by atoms with Gasteiger partial charge >= 0.3 is 0 Å². The van der Waals surface area contributed by atoms with E-state index in [-0.39, 0.29) is 0 Å². The second-order valence-corrected chi connectivity index (χ2v) is 5.30. The summed E-state index contributed by atoms with van der Waals surface area (Å²) < 4.78 is 5.59. The number of hydrogen-bond acceptors (Lipinski definition) is 2. The largest absolute Gasteiger partial charge is 0.378 e.